The van der Waals surface area contributed by atoms with E-state index in [1.54, 1.807) is 27.0 Å². The number of aliphatic hydroxyl groups excluding tert-OH is 1. The molecule has 0 saturated heterocycles. The Labute approximate surface area is 153 Å². The van der Waals surface area contributed by atoms with Crippen molar-refractivity contribution < 1.29 is 24.5 Å². The fourth-order valence-corrected chi connectivity index (χ4v) is 3.34. The van der Waals surface area contributed by atoms with Crippen LogP contribution in [0.1, 0.15) is 40.9 Å². The average molecular weight is 356 g/mol. The summed E-state index contributed by atoms with van der Waals surface area (Å²) in [5.41, 5.74) is 1.72. The van der Waals surface area contributed by atoms with E-state index in [1.807, 2.05) is 30.3 Å². The number of hydrogen-bond donors (Lipinski definition) is 2. The maximum absolute atomic E-state index is 12.0. The monoisotopic (exact) mass is 356 g/mol. The zero-order valence-corrected chi connectivity index (χ0v) is 15.3. The smallest absolute Gasteiger partial charge is 0.339 e. The molecule has 0 aliphatic carbocycles. The maximum Gasteiger partial charge on any atom is 0.339 e. The van der Waals surface area contributed by atoms with E-state index in [2.05, 4.69) is 0 Å². The van der Waals surface area contributed by atoms with Crippen LogP contribution in [0.4, 0.5) is 0 Å². The summed E-state index contributed by atoms with van der Waals surface area (Å²) in [7, 11) is 1.54. The zero-order chi connectivity index (χ0) is 18.9. The predicted octanol–water partition coefficient (Wildman–Crippen LogP) is 3.25. The molecule has 3 rings (SSSR count). The molecule has 1 aliphatic heterocycles. The van der Waals surface area contributed by atoms with Gasteiger partial charge in [0.05, 0.1) is 13.2 Å². The molecule has 5 nitrogen and oxygen atoms in total. The van der Waals surface area contributed by atoms with Crippen LogP contribution in [0.15, 0.2) is 36.4 Å². The Bertz CT molecular complexity index is 811. The minimum Gasteiger partial charge on any atom is -0.496 e. The summed E-state index contributed by atoms with van der Waals surface area (Å²) in [5.74, 6) is -0.156. The predicted molar refractivity (Wildman–Crippen MR) is 98.2 cm³/mol. The van der Waals surface area contributed by atoms with E-state index in [9.17, 15) is 15.0 Å². The lowest BCUT2D eigenvalue weighted by molar-refractivity contribution is -0.0423. The van der Waals surface area contributed by atoms with E-state index < -0.39 is 17.7 Å². The molecule has 138 valence electrons. The van der Waals surface area contributed by atoms with Gasteiger partial charge in [0.25, 0.3) is 0 Å². The Morgan fingerprint density at radius 2 is 1.96 bits per heavy atom. The molecule has 1 heterocycles. The minimum atomic E-state index is -1.03. The highest BCUT2D eigenvalue weighted by molar-refractivity contribution is 5.94. The minimum absolute atomic E-state index is 0.164. The zero-order valence-electron chi connectivity index (χ0n) is 15.3. The number of hydrogen-bond acceptors (Lipinski definition) is 4. The number of methoxy groups -OCH3 is 1. The Balaban J connectivity index is 2.06. The van der Waals surface area contributed by atoms with Gasteiger partial charge in [0, 0.05) is 12.0 Å². The highest BCUT2D eigenvalue weighted by atomic mass is 16.5. The lowest BCUT2D eigenvalue weighted by Gasteiger charge is -2.38. The largest absolute Gasteiger partial charge is 0.496 e. The highest BCUT2D eigenvalue weighted by Crippen LogP contribution is 2.43. The summed E-state index contributed by atoms with van der Waals surface area (Å²) in [6, 6.07) is 11.7. The number of carboxylic acid groups (broad SMARTS) is 1. The van der Waals surface area contributed by atoms with Gasteiger partial charge in [-0.15, -0.1) is 0 Å². The molecule has 1 atom stereocenters. The first-order valence-corrected chi connectivity index (χ1v) is 8.70. The van der Waals surface area contributed by atoms with Crippen LogP contribution in [-0.2, 0) is 19.3 Å². The van der Waals surface area contributed by atoms with Crippen LogP contribution in [0.5, 0.6) is 11.5 Å². The number of aryl methyl sites for hydroxylation is 2. The third-order valence-corrected chi connectivity index (χ3v) is 4.95. The number of aromatic carboxylic acids is 1. The Morgan fingerprint density at radius 1 is 1.27 bits per heavy atom. The molecule has 2 N–H and O–H groups in total. The molecule has 2 aromatic carbocycles. The van der Waals surface area contributed by atoms with Gasteiger partial charge >= 0.3 is 5.97 Å². The van der Waals surface area contributed by atoms with Gasteiger partial charge in [-0.3, -0.25) is 0 Å². The van der Waals surface area contributed by atoms with Gasteiger partial charge in [-0.05, 0) is 43.9 Å². The Hall–Kier alpha value is -2.53. The SMILES string of the molecule is COc1cc(CCc2ccccc2)c(C(=O)O)c2c1C[C@H](O)C(C)(C)O2. The fraction of sp³-hybridized carbons (Fsp3) is 0.381. The number of carboxylic acids is 1. The summed E-state index contributed by atoms with van der Waals surface area (Å²) in [5, 5.41) is 20.2. The first kappa shape index (κ1) is 18.3. The van der Waals surface area contributed by atoms with Gasteiger partial charge in [0.15, 0.2) is 0 Å². The van der Waals surface area contributed by atoms with Crippen molar-refractivity contribution in [2.45, 2.75) is 44.8 Å². The van der Waals surface area contributed by atoms with Crippen molar-refractivity contribution in [1.29, 1.82) is 0 Å². The van der Waals surface area contributed by atoms with Crippen molar-refractivity contribution in [2.24, 2.45) is 0 Å². The van der Waals surface area contributed by atoms with Crippen LogP contribution in [-0.4, -0.2) is 35.0 Å². The van der Waals surface area contributed by atoms with E-state index in [4.69, 9.17) is 9.47 Å². The van der Waals surface area contributed by atoms with Gasteiger partial charge in [0.2, 0.25) is 0 Å². The molecule has 26 heavy (non-hydrogen) atoms. The molecule has 0 bridgehead atoms. The van der Waals surface area contributed by atoms with Gasteiger partial charge < -0.3 is 19.7 Å². The topological polar surface area (TPSA) is 76.0 Å². The molecule has 0 saturated carbocycles. The molecule has 5 heteroatoms. The van der Waals surface area contributed by atoms with Crippen molar-refractivity contribution in [1.82, 2.24) is 0 Å². The first-order valence-electron chi connectivity index (χ1n) is 8.70. The Morgan fingerprint density at radius 3 is 2.58 bits per heavy atom. The van der Waals surface area contributed by atoms with Crippen molar-refractivity contribution in [2.75, 3.05) is 7.11 Å². The van der Waals surface area contributed by atoms with Crippen molar-refractivity contribution in [3.63, 3.8) is 0 Å². The normalized spacial score (nSPS) is 17.9. The molecule has 0 amide bonds. The van der Waals surface area contributed by atoms with Crippen LogP contribution in [0.2, 0.25) is 0 Å². The molecular formula is C21H24O5. The van der Waals surface area contributed by atoms with E-state index >= 15 is 0 Å². The maximum atomic E-state index is 12.0. The van der Waals surface area contributed by atoms with E-state index in [0.717, 1.165) is 12.0 Å². The second-order valence-electron chi connectivity index (χ2n) is 7.14. The lowest BCUT2D eigenvalue weighted by atomic mass is 9.87. The fourth-order valence-electron chi connectivity index (χ4n) is 3.34. The van der Waals surface area contributed by atoms with Crippen LogP contribution in [0.25, 0.3) is 0 Å². The summed E-state index contributed by atoms with van der Waals surface area (Å²) in [4.78, 5) is 12.0. The third-order valence-electron chi connectivity index (χ3n) is 4.95. The quantitative estimate of drug-likeness (QED) is 0.860. The van der Waals surface area contributed by atoms with Gasteiger partial charge in [-0.2, -0.15) is 0 Å². The molecule has 2 aromatic rings. The number of ether oxygens (including phenoxy) is 2. The van der Waals surface area contributed by atoms with Crippen LogP contribution in [0.3, 0.4) is 0 Å². The molecule has 1 aliphatic rings. The lowest BCUT2D eigenvalue weighted by Crippen LogP contribution is -2.47. The molecule has 0 unspecified atom stereocenters. The van der Waals surface area contributed by atoms with E-state index in [-0.39, 0.29) is 5.56 Å². The second kappa shape index (κ2) is 7.00. The summed E-state index contributed by atoms with van der Waals surface area (Å²) in [6.45, 7) is 3.52. The summed E-state index contributed by atoms with van der Waals surface area (Å²) < 4.78 is 11.4. The summed E-state index contributed by atoms with van der Waals surface area (Å²) in [6.07, 6.45) is 0.835. The third kappa shape index (κ3) is 3.40. The van der Waals surface area contributed by atoms with Crippen molar-refractivity contribution in [3.8, 4) is 11.5 Å². The number of fused-ring (bicyclic) bond motifs is 1. The molecule has 0 aromatic heterocycles. The van der Waals surface area contributed by atoms with Gasteiger partial charge in [0.1, 0.15) is 22.7 Å². The number of benzene rings is 2. The number of carbonyl (C=O) groups is 1. The van der Waals surface area contributed by atoms with Gasteiger partial charge in [-0.25, -0.2) is 4.79 Å². The number of rotatable bonds is 5. The molecule has 0 spiro atoms. The highest BCUT2D eigenvalue weighted by Gasteiger charge is 2.40. The average Bonchev–Trinajstić information content (AvgIpc) is 2.60. The van der Waals surface area contributed by atoms with Crippen molar-refractivity contribution in [3.05, 3.63) is 58.7 Å². The standard InChI is InChI=1S/C21H24O5/c1-21(2)17(22)12-15-16(25-3)11-14(18(20(23)24)19(15)26-21)10-9-13-7-5-4-6-8-13/h4-8,11,17,22H,9-10,12H2,1-3H3,(H,23,24)/t17-/m0/s1. The van der Waals surface area contributed by atoms with Crippen molar-refractivity contribution >= 4 is 5.97 Å². The number of aliphatic hydroxyl groups is 1. The van der Waals surface area contributed by atoms with Crippen LogP contribution in [0, 0.1) is 0 Å². The van der Waals surface area contributed by atoms with E-state index in [1.165, 1.54) is 0 Å². The first-order chi connectivity index (χ1) is 12.3. The van der Waals surface area contributed by atoms with Crippen LogP contribution < -0.4 is 9.47 Å². The molecule has 0 fully saturated rings. The molecule has 0 radical (unpaired) electrons. The van der Waals surface area contributed by atoms with Gasteiger partial charge in [-0.1, -0.05) is 30.3 Å². The molecular weight excluding hydrogens is 332 g/mol. The van der Waals surface area contributed by atoms with E-state index in [0.29, 0.717) is 35.5 Å². The summed E-state index contributed by atoms with van der Waals surface area (Å²) >= 11 is 0. The Kier molecular flexibility index (Phi) is 4.92. The second-order valence-corrected chi connectivity index (χ2v) is 7.14. The van der Waals surface area contributed by atoms with Crippen LogP contribution >= 0.6 is 0 Å².